The van der Waals surface area contributed by atoms with Crippen molar-refractivity contribution in [2.45, 2.75) is 0 Å². The van der Waals surface area contributed by atoms with Crippen molar-refractivity contribution in [1.82, 2.24) is 0 Å². The fourth-order valence-corrected chi connectivity index (χ4v) is 7.54. The first-order valence-electron chi connectivity index (χ1n) is 18.4. The van der Waals surface area contributed by atoms with Crippen LogP contribution in [0.5, 0.6) is 0 Å². The van der Waals surface area contributed by atoms with E-state index in [4.69, 9.17) is 4.42 Å². The molecule has 54 heavy (non-hydrogen) atoms. The van der Waals surface area contributed by atoms with Crippen molar-refractivity contribution in [2.24, 2.45) is 0 Å². The second-order valence-electron chi connectivity index (χ2n) is 13.8. The van der Waals surface area contributed by atoms with E-state index in [1.54, 1.807) is 0 Å². The van der Waals surface area contributed by atoms with Crippen LogP contribution in [-0.4, -0.2) is 0 Å². The third-order valence-corrected chi connectivity index (χ3v) is 10.5. The Bertz CT molecular complexity index is 2700. The highest BCUT2D eigenvalue weighted by molar-refractivity contribution is 5.90. The fraction of sp³-hybridized carbons (Fsp3) is 0. The summed E-state index contributed by atoms with van der Waals surface area (Å²) in [5, 5.41) is 6.10. The second kappa shape index (κ2) is 13.4. The highest BCUT2D eigenvalue weighted by atomic mass is 16.4. The van der Waals surface area contributed by atoms with Crippen LogP contribution in [-0.2, 0) is 0 Å². The molecule has 0 saturated heterocycles. The molecule has 0 bridgehead atoms. The monoisotopic (exact) mass is 689 g/mol. The number of hydrogen-bond acceptors (Lipinski definition) is 2. The third kappa shape index (κ3) is 6.00. The summed E-state index contributed by atoms with van der Waals surface area (Å²) < 4.78 is 6.46. The van der Waals surface area contributed by atoms with E-state index in [-0.39, 0.29) is 0 Å². The summed E-state index contributed by atoms with van der Waals surface area (Å²) in [6.07, 6.45) is 0. The minimum absolute atomic E-state index is 0.774. The van der Waals surface area contributed by atoms with Gasteiger partial charge in [-0.2, -0.15) is 0 Å². The Hall–Kier alpha value is -7.16. The van der Waals surface area contributed by atoms with Gasteiger partial charge >= 0.3 is 0 Å². The lowest BCUT2D eigenvalue weighted by Gasteiger charge is -2.23. The second-order valence-corrected chi connectivity index (χ2v) is 13.8. The Labute approximate surface area is 314 Å². The third-order valence-electron chi connectivity index (χ3n) is 10.5. The summed E-state index contributed by atoms with van der Waals surface area (Å²) in [6, 6.07) is 75.8. The summed E-state index contributed by atoms with van der Waals surface area (Å²) in [5.41, 5.74) is 12.5. The van der Waals surface area contributed by atoms with E-state index in [0.29, 0.717) is 0 Å². The standard InChI is InChI=1S/C52H35NO/c1-3-9-44-33-46(23-21-36(44)7-1)42-17-13-38(14-18-42)40-25-29-49(30-26-40)53(52-35-48-11-5-6-12-51(48)54-52)50-31-27-41(28-32-50)39-15-19-43(20-16-39)47-24-22-37-8-2-4-10-45(37)34-47/h1-35H. The van der Waals surface area contributed by atoms with Crippen LogP contribution in [0.25, 0.3) is 77.0 Å². The summed E-state index contributed by atoms with van der Waals surface area (Å²) in [4.78, 5) is 2.19. The van der Waals surface area contributed by atoms with Crippen LogP contribution in [0, 0.1) is 0 Å². The maximum Gasteiger partial charge on any atom is 0.205 e. The summed E-state index contributed by atoms with van der Waals surface area (Å²) in [5.74, 6) is 0.774. The van der Waals surface area contributed by atoms with Crippen LogP contribution in [0.15, 0.2) is 217 Å². The topological polar surface area (TPSA) is 16.4 Å². The maximum atomic E-state index is 6.46. The van der Waals surface area contributed by atoms with E-state index in [1.807, 2.05) is 18.2 Å². The van der Waals surface area contributed by atoms with E-state index < -0.39 is 0 Å². The van der Waals surface area contributed by atoms with Gasteiger partial charge in [0, 0.05) is 22.8 Å². The van der Waals surface area contributed by atoms with Gasteiger partial charge in [-0.15, -0.1) is 0 Å². The number of para-hydroxylation sites is 1. The zero-order chi connectivity index (χ0) is 35.8. The predicted molar refractivity (Wildman–Crippen MR) is 228 cm³/mol. The van der Waals surface area contributed by atoms with E-state index in [2.05, 4.69) is 199 Å². The first-order valence-corrected chi connectivity index (χ1v) is 18.4. The summed E-state index contributed by atoms with van der Waals surface area (Å²) >= 11 is 0. The molecule has 0 aliphatic rings. The van der Waals surface area contributed by atoms with Crippen LogP contribution in [0.4, 0.5) is 17.3 Å². The smallest absolute Gasteiger partial charge is 0.205 e. The molecule has 0 spiro atoms. The zero-order valence-corrected chi connectivity index (χ0v) is 29.6. The number of anilines is 3. The number of rotatable bonds is 7. The first kappa shape index (κ1) is 31.6. The Morgan fingerprint density at radius 3 is 1.02 bits per heavy atom. The van der Waals surface area contributed by atoms with Crippen molar-refractivity contribution in [3.8, 4) is 44.5 Å². The van der Waals surface area contributed by atoms with Gasteiger partial charge < -0.3 is 4.42 Å². The number of furan rings is 1. The van der Waals surface area contributed by atoms with Gasteiger partial charge in [-0.1, -0.05) is 164 Å². The lowest BCUT2D eigenvalue weighted by atomic mass is 9.98. The molecule has 1 aromatic heterocycles. The van der Waals surface area contributed by atoms with E-state index in [0.717, 1.165) is 39.4 Å². The number of fused-ring (bicyclic) bond motifs is 3. The molecule has 9 aromatic carbocycles. The average Bonchev–Trinajstić information content (AvgIpc) is 3.68. The lowest BCUT2D eigenvalue weighted by Crippen LogP contribution is -2.08. The maximum absolute atomic E-state index is 6.46. The molecular weight excluding hydrogens is 655 g/mol. The summed E-state index contributed by atoms with van der Waals surface area (Å²) in [6.45, 7) is 0. The van der Waals surface area contributed by atoms with Crippen molar-refractivity contribution in [3.05, 3.63) is 212 Å². The van der Waals surface area contributed by atoms with Crippen molar-refractivity contribution < 1.29 is 4.42 Å². The van der Waals surface area contributed by atoms with Crippen LogP contribution in [0.3, 0.4) is 0 Å². The van der Waals surface area contributed by atoms with Crippen LogP contribution in [0.1, 0.15) is 0 Å². The molecule has 0 aliphatic carbocycles. The fourth-order valence-electron chi connectivity index (χ4n) is 7.54. The average molecular weight is 690 g/mol. The van der Waals surface area contributed by atoms with Gasteiger partial charge in [0.1, 0.15) is 5.58 Å². The molecule has 0 aliphatic heterocycles. The molecule has 10 rings (SSSR count). The van der Waals surface area contributed by atoms with E-state index >= 15 is 0 Å². The molecule has 0 radical (unpaired) electrons. The van der Waals surface area contributed by atoms with Gasteiger partial charge in [-0.25, -0.2) is 0 Å². The number of benzene rings is 9. The van der Waals surface area contributed by atoms with E-state index in [9.17, 15) is 0 Å². The molecule has 0 unspecified atom stereocenters. The highest BCUT2D eigenvalue weighted by Crippen LogP contribution is 2.40. The number of nitrogens with zero attached hydrogens (tertiary/aromatic N) is 1. The SMILES string of the molecule is c1ccc2cc(-c3ccc(-c4ccc(N(c5ccc(-c6ccc(-c7ccc8ccccc8c7)cc6)cc5)c5cc6ccccc6o5)cc4)cc3)ccc2c1. The molecule has 254 valence electrons. The molecule has 0 N–H and O–H groups in total. The molecule has 0 saturated carbocycles. The van der Waals surface area contributed by atoms with Gasteiger partial charge in [0.25, 0.3) is 0 Å². The van der Waals surface area contributed by atoms with Gasteiger partial charge in [-0.05, 0) is 109 Å². The van der Waals surface area contributed by atoms with Crippen molar-refractivity contribution in [2.75, 3.05) is 4.90 Å². The van der Waals surface area contributed by atoms with Crippen molar-refractivity contribution in [3.63, 3.8) is 0 Å². The zero-order valence-electron chi connectivity index (χ0n) is 29.6. The molecule has 2 nitrogen and oxygen atoms in total. The van der Waals surface area contributed by atoms with Crippen LogP contribution in [0.2, 0.25) is 0 Å². The first-order chi connectivity index (χ1) is 26.7. The van der Waals surface area contributed by atoms with Gasteiger partial charge in [-0.3, -0.25) is 4.90 Å². The quantitative estimate of drug-likeness (QED) is 0.166. The molecule has 0 amide bonds. The Kier molecular flexibility index (Phi) is 7.85. The van der Waals surface area contributed by atoms with Gasteiger partial charge in [0.05, 0.1) is 0 Å². The minimum atomic E-state index is 0.774. The highest BCUT2D eigenvalue weighted by Gasteiger charge is 2.18. The Morgan fingerprint density at radius 2 is 0.593 bits per heavy atom. The minimum Gasteiger partial charge on any atom is -0.440 e. The van der Waals surface area contributed by atoms with Gasteiger partial charge in [0.15, 0.2) is 0 Å². The Balaban J connectivity index is 0.935. The molecule has 2 heteroatoms. The van der Waals surface area contributed by atoms with Crippen LogP contribution < -0.4 is 4.90 Å². The molecule has 1 heterocycles. The predicted octanol–water partition coefficient (Wildman–Crippen LogP) is 14.9. The van der Waals surface area contributed by atoms with Crippen LogP contribution >= 0.6 is 0 Å². The van der Waals surface area contributed by atoms with Crippen molar-refractivity contribution in [1.29, 1.82) is 0 Å². The molecular formula is C52H35NO. The van der Waals surface area contributed by atoms with Gasteiger partial charge in [0.2, 0.25) is 5.88 Å². The lowest BCUT2D eigenvalue weighted by molar-refractivity contribution is 0.621. The number of hydrogen-bond donors (Lipinski definition) is 0. The Morgan fingerprint density at radius 1 is 0.259 bits per heavy atom. The molecule has 0 fully saturated rings. The molecule has 0 atom stereocenters. The molecule has 10 aromatic rings. The largest absolute Gasteiger partial charge is 0.440 e. The summed E-state index contributed by atoms with van der Waals surface area (Å²) in [7, 11) is 0. The normalized spacial score (nSPS) is 11.3. The van der Waals surface area contributed by atoms with E-state index in [1.165, 1.54) is 54.9 Å². The van der Waals surface area contributed by atoms with Crippen molar-refractivity contribution >= 4 is 49.8 Å².